The first kappa shape index (κ1) is 17.8. The fourth-order valence-electron chi connectivity index (χ4n) is 1.38. The summed E-state index contributed by atoms with van der Waals surface area (Å²) in [5, 5.41) is 17.4. The summed E-state index contributed by atoms with van der Waals surface area (Å²) in [6.45, 7) is 2.11. The third kappa shape index (κ3) is 11.6. The van der Waals surface area contributed by atoms with Crippen LogP contribution in [0.4, 0.5) is 0 Å². The maximum atomic E-state index is 10.9. The Kier molecular flexibility index (Phi) is 11.1. The van der Waals surface area contributed by atoms with E-state index in [0.717, 1.165) is 0 Å². The zero-order valence-electron chi connectivity index (χ0n) is 11.2. The minimum atomic E-state index is -0.987. The van der Waals surface area contributed by atoms with E-state index in [-0.39, 0.29) is 19.4 Å². The van der Waals surface area contributed by atoms with Crippen LogP contribution in [0.5, 0.6) is 0 Å². The number of methoxy groups -OCH3 is 1. The van der Waals surface area contributed by atoms with Gasteiger partial charge in [0.15, 0.2) is 0 Å². The van der Waals surface area contributed by atoms with E-state index >= 15 is 0 Å². The minimum absolute atomic E-state index is 0.123. The second-order valence-corrected chi connectivity index (χ2v) is 3.97. The topological polar surface area (TPSA) is 102 Å². The van der Waals surface area contributed by atoms with Gasteiger partial charge in [0.2, 0.25) is 0 Å². The summed E-state index contributed by atoms with van der Waals surface area (Å²) in [5.41, 5.74) is 0. The maximum absolute atomic E-state index is 10.9. The van der Waals surface area contributed by atoms with Crippen LogP contribution in [-0.4, -0.2) is 62.3 Å². The summed E-state index contributed by atoms with van der Waals surface area (Å²) in [6.07, 6.45) is 0.288. The molecule has 0 aromatic carbocycles. The average molecular weight is 278 g/mol. The summed E-state index contributed by atoms with van der Waals surface area (Å²) < 4.78 is 15.2. The Morgan fingerprint density at radius 3 is 2.05 bits per heavy atom. The highest BCUT2D eigenvalue weighted by Gasteiger charge is 2.18. The molecule has 0 bridgehead atoms. The van der Waals surface area contributed by atoms with E-state index in [2.05, 4.69) is 0 Å². The molecule has 19 heavy (non-hydrogen) atoms. The van der Waals surface area contributed by atoms with Crippen LogP contribution in [0.2, 0.25) is 0 Å². The molecular formula is C12H22O7. The smallest absolute Gasteiger partial charge is 0.306 e. The molecule has 0 amide bonds. The van der Waals surface area contributed by atoms with Crippen molar-refractivity contribution in [2.45, 2.75) is 19.3 Å². The van der Waals surface area contributed by atoms with Gasteiger partial charge in [0.25, 0.3) is 0 Å². The van der Waals surface area contributed by atoms with Crippen LogP contribution in [0.1, 0.15) is 19.3 Å². The molecule has 2 N–H and O–H groups in total. The Bertz CT molecular complexity index is 254. The number of hydrogen-bond acceptors (Lipinski definition) is 5. The number of hydrogen-bond donors (Lipinski definition) is 2. The molecule has 0 aliphatic rings. The summed E-state index contributed by atoms with van der Waals surface area (Å²) >= 11 is 0. The molecule has 0 aromatic heterocycles. The first-order valence-corrected chi connectivity index (χ1v) is 6.17. The van der Waals surface area contributed by atoms with Crippen molar-refractivity contribution in [3.8, 4) is 0 Å². The first-order valence-electron chi connectivity index (χ1n) is 6.17. The van der Waals surface area contributed by atoms with Crippen LogP contribution in [0.15, 0.2) is 0 Å². The Balaban J connectivity index is 3.53. The predicted octanol–water partition coefficient (Wildman–Crippen LogP) is 0.622. The lowest BCUT2D eigenvalue weighted by molar-refractivity contribution is -0.143. The van der Waals surface area contributed by atoms with Gasteiger partial charge >= 0.3 is 11.9 Å². The molecule has 0 aliphatic carbocycles. The molecule has 0 aliphatic heterocycles. The third-order valence-corrected chi connectivity index (χ3v) is 2.47. The van der Waals surface area contributed by atoms with Crippen molar-refractivity contribution in [2.24, 2.45) is 5.92 Å². The molecule has 0 heterocycles. The fraction of sp³-hybridized carbons (Fsp3) is 0.833. The number of aliphatic carboxylic acids is 2. The Morgan fingerprint density at radius 2 is 1.53 bits per heavy atom. The third-order valence-electron chi connectivity index (χ3n) is 2.47. The summed E-state index contributed by atoms with van der Waals surface area (Å²) in [6, 6.07) is 0. The Labute approximate surface area is 112 Å². The molecule has 0 radical (unpaired) electrons. The molecule has 7 nitrogen and oxygen atoms in total. The predicted molar refractivity (Wildman–Crippen MR) is 66.1 cm³/mol. The second kappa shape index (κ2) is 11.9. The summed E-state index contributed by atoms with van der Waals surface area (Å²) in [7, 11) is 1.59. The van der Waals surface area contributed by atoms with Gasteiger partial charge in [-0.2, -0.15) is 0 Å². The van der Waals surface area contributed by atoms with Crippen LogP contribution in [0, 0.1) is 5.92 Å². The quantitative estimate of drug-likeness (QED) is 0.476. The van der Waals surface area contributed by atoms with Gasteiger partial charge in [-0.1, -0.05) is 0 Å². The van der Waals surface area contributed by atoms with Gasteiger partial charge in [0, 0.05) is 20.1 Å². The van der Waals surface area contributed by atoms with E-state index in [1.165, 1.54) is 0 Å². The van der Waals surface area contributed by atoms with Crippen LogP contribution in [0.25, 0.3) is 0 Å². The van der Waals surface area contributed by atoms with Gasteiger partial charge in [0.05, 0.1) is 32.3 Å². The number of carboxylic acid groups (broad SMARTS) is 2. The van der Waals surface area contributed by atoms with Gasteiger partial charge in [0.1, 0.15) is 0 Å². The lowest BCUT2D eigenvalue weighted by atomic mass is 10.0. The van der Waals surface area contributed by atoms with Gasteiger partial charge in [-0.15, -0.1) is 0 Å². The van der Waals surface area contributed by atoms with Crippen molar-refractivity contribution in [3.05, 3.63) is 0 Å². The highest BCUT2D eigenvalue weighted by molar-refractivity contribution is 5.72. The molecule has 7 heteroatoms. The van der Waals surface area contributed by atoms with Crippen molar-refractivity contribution in [1.82, 2.24) is 0 Å². The van der Waals surface area contributed by atoms with E-state index in [4.69, 9.17) is 24.4 Å². The van der Waals surface area contributed by atoms with Crippen LogP contribution < -0.4 is 0 Å². The zero-order chi connectivity index (χ0) is 14.5. The SMILES string of the molecule is COCCOCCOCCC(CCC(=O)O)C(=O)O. The molecule has 112 valence electrons. The molecule has 0 saturated carbocycles. The fourth-order valence-corrected chi connectivity index (χ4v) is 1.38. The maximum Gasteiger partial charge on any atom is 0.306 e. The molecule has 1 atom stereocenters. The van der Waals surface area contributed by atoms with Crippen LogP contribution in [0.3, 0.4) is 0 Å². The number of carbonyl (C=O) groups is 2. The van der Waals surface area contributed by atoms with Crippen molar-refractivity contribution < 1.29 is 34.0 Å². The molecule has 0 aromatic rings. The van der Waals surface area contributed by atoms with E-state index in [0.29, 0.717) is 32.8 Å². The molecule has 0 saturated heterocycles. The van der Waals surface area contributed by atoms with Crippen molar-refractivity contribution in [1.29, 1.82) is 0 Å². The lowest BCUT2D eigenvalue weighted by Crippen LogP contribution is -2.18. The van der Waals surface area contributed by atoms with Crippen molar-refractivity contribution in [2.75, 3.05) is 40.1 Å². The Hall–Kier alpha value is -1.18. The zero-order valence-corrected chi connectivity index (χ0v) is 11.2. The van der Waals surface area contributed by atoms with Gasteiger partial charge in [-0.3, -0.25) is 9.59 Å². The largest absolute Gasteiger partial charge is 0.481 e. The Morgan fingerprint density at radius 1 is 0.947 bits per heavy atom. The van der Waals surface area contributed by atoms with Crippen LogP contribution >= 0.6 is 0 Å². The van der Waals surface area contributed by atoms with E-state index in [9.17, 15) is 9.59 Å². The highest BCUT2D eigenvalue weighted by Crippen LogP contribution is 2.11. The van der Waals surface area contributed by atoms with E-state index in [1.807, 2.05) is 0 Å². The first-order chi connectivity index (χ1) is 9.07. The van der Waals surface area contributed by atoms with Gasteiger partial charge in [-0.05, 0) is 12.8 Å². The highest BCUT2D eigenvalue weighted by atomic mass is 16.5. The molecule has 1 unspecified atom stereocenters. The molecule has 0 fully saturated rings. The molecular weight excluding hydrogens is 256 g/mol. The van der Waals surface area contributed by atoms with Crippen LogP contribution in [-0.2, 0) is 23.8 Å². The summed E-state index contributed by atoms with van der Waals surface area (Å²) in [5.74, 6) is -2.65. The standard InChI is InChI=1S/C12H22O7/c1-17-6-7-19-9-8-18-5-4-10(12(15)16)2-3-11(13)14/h10H,2-9H2,1H3,(H,13,14)(H,15,16). The molecule has 0 rings (SSSR count). The van der Waals surface area contributed by atoms with Gasteiger partial charge in [-0.25, -0.2) is 0 Å². The normalized spacial score (nSPS) is 12.3. The van der Waals surface area contributed by atoms with Crippen molar-refractivity contribution >= 4 is 11.9 Å². The summed E-state index contributed by atoms with van der Waals surface area (Å²) in [4.78, 5) is 21.2. The monoisotopic (exact) mass is 278 g/mol. The molecule has 0 spiro atoms. The minimum Gasteiger partial charge on any atom is -0.481 e. The second-order valence-electron chi connectivity index (χ2n) is 3.97. The number of carboxylic acids is 2. The average Bonchev–Trinajstić information content (AvgIpc) is 2.35. The number of rotatable bonds is 13. The van der Waals surface area contributed by atoms with Crippen molar-refractivity contribution in [3.63, 3.8) is 0 Å². The van der Waals surface area contributed by atoms with E-state index in [1.54, 1.807) is 7.11 Å². The van der Waals surface area contributed by atoms with Gasteiger partial charge < -0.3 is 24.4 Å². The number of ether oxygens (including phenoxy) is 3. The lowest BCUT2D eigenvalue weighted by Gasteiger charge is -2.11. The van der Waals surface area contributed by atoms with E-state index < -0.39 is 17.9 Å².